The number of benzene rings is 1. The predicted octanol–water partition coefficient (Wildman–Crippen LogP) is 3.84. The van der Waals surface area contributed by atoms with Gasteiger partial charge >= 0.3 is 6.18 Å². The smallest absolute Gasteiger partial charge is 0.266 e. The van der Waals surface area contributed by atoms with Crippen molar-refractivity contribution in [3.05, 3.63) is 70.8 Å². The SMILES string of the molecule is C=CC1=C(/C=C\C)C(=O)N(OCc2cc(F)c(C(F)(F)F)c(F)c2)C1=O. The van der Waals surface area contributed by atoms with Crippen LogP contribution in [0.4, 0.5) is 22.0 Å². The van der Waals surface area contributed by atoms with Crippen molar-refractivity contribution < 1.29 is 36.4 Å². The summed E-state index contributed by atoms with van der Waals surface area (Å²) in [6.07, 6.45) is -1.18. The highest BCUT2D eigenvalue weighted by molar-refractivity contribution is 6.21. The molecule has 2 rings (SSSR count). The third-order valence-corrected chi connectivity index (χ3v) is 3.40. The largest absolute Gasteiger partial charge is 0.422 e. The summed E-state index contributed by atoms with van der Waals surface area (Å²) in [6.45, 7) is 4.33. The number of carbonyl (C=O) groups excluding carboxylic acids is 2. The zero-order valence-electron chi connectivity index (χ0n) is 13.4. The maximum absolute atomic E-state index is 13.5. The van der Waals surface area contributed by atoms with E-state index < -0.39 is 41.8 Å². The summed E-state index contributed by atoms with van der Waals surface area (Å²) < 4.78 is 64.7. The van der Waals surface area contributed by atoms with Gasteiger partial charge in [0.2, 0.25) is 0 Å². The highest BCUT2D eigenvalue weighted by Crippen LogP contribution is 2.34. The molecule has 0 aliphatic carbocycles. The fourth-order valence-corrected chi connectivity index (χ4v) is 2.30. The molecule has 2 amide bonds. The minimum Gasteiger partial charge on any atom is -0.266 e. The molecule has 9 heteroatoms. The van der Waals surface area contributed by atoms with Gasteiger partial charge in [-0.25, -0.2) is 8.78 Å². The van der Waals surface area contributed by atoms with Crippen molar-refractivity contribution in [2.45, 2.75) is 19.7 Å². The van der Waals surface area contributed by atoms with Gasteiger partial charge in [-0.15, -0.1) is 5.06 Å². The van der Waals surface area contributed by atoms with Crippen LogP contribution in [0.1, 0.15) is 18.1 Å². The molecule has 0 spiro atoms. The molecule has 0 aromatic heterocycles. The number of hydroxylamine groups is 2. The van der Waals surface area contributed by atoms with Crippen LogP contribution in [-0.2, 0) is 27.2 Å². The summed E-state index contributed by atoms with van der Waals surface area (Å²) in [5.41, 5.74) is -2.37. The van der Waals surface area contributed by atoms with Gasteiger partial charge in [0, 0.05) is 0 Å². The van der Waals surface area contributed by atoms with E-state index >= 15 is 0 Å². The molecule has 0 saturated heterocycles. The van der Waals surface area contributed by atoms with Crippen molar-refractivity contribution in [3.63, 3.8) is 0 Å². The molecule has 26 heavy (non-hydrogen) atoms. The molecule has 1 heterocycles. The second kappa shape index (κ2) is 7.20. The zero-order valence-corrected chi connectivity index (χ0v) is 13.4. The van der Waals surface area contributed by atoms with Crippen molar-refractivity contribution in [2.75, 3.05) is 0 Å². The van der Waals surface area contributed by atoms with Crippen LogP contribution in [0.5, 0.6) is 0 Å². The number of carbonyl (C=O) groups is 2. The van der Waals surface area contributed by atoms with E-state index in [9.17, 15) is 31.5 Å². The second-order valence-corrected chi connectivity index (χ2v) is 5.14. The summed E-state index contributed by atoms with van der Waals surface area (Å²) in [7, 11) is 0. The van der Waals surface area contributed by atoms with E-state index in [-0.39, 0.29) is 16.7 Å². The molecule has 1 aliphatic rings. The molecule has 1 aromatic carbocycles. The Morgan fingerprint density at radius 2 is 1.65 bits per heavy atom. The van der Waals surface area contributed by atoms with E-state index in [2.05, 4.69) is 6.58 Å². The third-order valence-electron chi connectivity index (χ3n) is 3.40. The number of nitrogens with zero attached hydrogens (tertiary/aromatic N) is 1. The van der Waals surface area contributed by atoms with Gasteiger partial charge in [-0.2, -0.15) is 13.2 Å². The second-order valence-electron chi connectivity index (χ2n) is 5.14. The zero-order chi connectivity index (χ0) is 19.6. The van der Waals surface area contributed by atoms with Crippen LogP contribution in [0.2, 0.25) is 0 Å². The summed E-state index contributed by atoms with van der Waals surface area (Å²) in [5.74, 6) is -5.31. The first kappa shape index (κ1) is 19.5. The molecule has 0 unspecified atom stereocenters. The third kappa shape index (κ3) is 3.57. The fourth-order valence-electron chi connectivity index (χ4n) is 2.30. The minimum absolute atomic E-state index is 0.0114. The average Bonchev–Trinajstić information content (AvgIpc) is 2.74. The standard InChI is InChI=1S/C17H12F5NO3/c1-3-5-11-10(4-2)15(24)23(16(11)25)26-8-9-6-12(18)14(13(19)7-9)17(20,21)22/h3-7H,2,8H2,1H3/b5-3-. The van der Waals surface area contributed by atoms with Gasteiger partial charge in [0.25, 0.3) is 11.8 Å². The Balaban J connectivity index is 2.22. The molecule has 0 N–H and O–H groups in total. The lowest BCUT2D eigenvalue weighted by atomic mass is 10.1. The van der Waals surface area contributed by atoms with Gasteiger partial charge in [0.05, 0.1) is 11.1 Å². The van der Waals surface area contributed by atoms with Crippen molar-refractivity contribution in [2.24, 2.45) is 0 Å². The molecule has 138 valence electrons. The molecule has 1 aliphatic heterocycles. The first-order chi connectivity index (χ1) is 12.1. The quantitative estimate of drug-likeness (QED) is 0.582. The highest BCUT2D eigenvalue weighted by atomic mass is 19.4. The number of hydrogen-bond acceptors (Lipinski definition) is 3. The van der Waals surface area contributed by atoms with E-state index in [4.69, 9.17) is 4.84 Å². The van der Waals surface area contributed by atoms with Crippen LogP contribution in [0.25, 0.3) is 0 Å². The summed E-state index contributed by atoms with van der Waals surface area (Å²) >= 11 is 0. The Kier molecular flexibility index (Phi) is 5.41. The molecule has 1 aromatic rings. The topological polar surface area (TPSA) is 46.6 Å². The van der Waals surface area contributed by atoms with E-state index in [0.717, 1.165) is 6.08 Å². The van der Waals surface area contributed by atoms with Gasteiger partial charge in [0.1, 0.15) is 23.8 Å². The van der Waals surface area contributed by atoms with Gasteiger partial charge in [-0.05, 0) is 24.6 Å². The van der Waals surface area contributed by atoms with Crippen molar-refractivity contribution >= 4 is 11.8 Å². The number of allylic oxidation sites excluding steroid dienone is 1. The van der Waals surface area contributed by atoms with Crippen molar-refractivity contribution in [1.82, 2.24) is 5.06 Å². The summed E-state index contributed by atoms with van der Waals surface area (Å²) in [4.78, 5) is 29.2. The Morgan fingerprint density at radius 3 is 2.12 bits per heavy atom. The van der Waals surface area contributed by atoms with E-state index in [1.165, 1.54) is 12.2 Å². The van der Waals surface area contributed by atoms with Crippen LogP contribution in [0, 0.1) is 11.6 Å². The predicted molar refractivity (Wildman–Crippen MR) is 80.0 cm³/mol. The van der Waals surface area contributed by atoms with Crippen LogP contribution in [0.3, 0.4) is 0 Å². The van der Waals surface area contributed by atoms with Crippen molar-refractivity contribution in [3.8, 4) is 0 Å². The van der Waals surface area contributed by atoms with E-state index in [1.807, 2.05) is 0 Å². The maximum Gasteiger partial charge on any atom is 0.422 e. The molecule has 0 radical (unpaired) electrons. The van der Waals surface area contributed by atoms with Crippen LogP contribution in [-0.4, -0.2) is 16.9 Å². The Labute approximate surface area is 144 Å². The first-order valence-corrected chi connectivity index (χ1v) is 7.18. The van der Waals surface area contributed by atoms with Gasteiger partial charge in [-0.3, -0.25) is 14.4 Å². The maximum atomic E-state index is 13.5. The molecular formula is C17H12F5NO3. The highest BCUT2D eigenvalue weighted by Gasteiger charge is 2.39. The number of amides is 2. The fraction of sp³-hybridized carbons (Fsp3) is 0.176. The van der Waals surface area contributed by atoms with Crippen molar-refractivity contribution in [1.29, 1.82) is 0 Å². The molecule has 0 fully saturated rings. The Bertz CT molecular complexity index is 816. The van der Waals surface area contributed by atoms with Crippen LogP contribution < -0.4 is 0 Å². The number of halogens is 5. The summed E-state index contributed by atoms with van der Waals surface area (Å²) in [5, 5.41) is 0.361. The van der Waals surface area contributed by atoms with Gasteiger partial charge in [0.15, 0.2) is 0 Å². The molecular weight excluding hydrogens is 361 g/mol. The number of hydrogen-bond donors (Lipinski definition) is 0. The van der Waals surface area contributed by atoms with Gasteiger partial charge in [-0.1, -0.05) is 24.8 Å². The van der Waals surface area contributed by atoms with Crippen LogP contribution in [0.15, 0.2) is 48.1 Å². The van der Waals surface area contributed by atoms with E-state index in [1.54, 1.807) is 6.92 Å². The monoisotopic (exact) mass is 373 g/mol. The molecule has 4 nitrogen and oxygen atoms in total. The Hall–Kier alpha value is -2.81. The normalized spacial score (nSPS) is 15.5. The summed E-state index contributed by atoms with van der Waals surface area (Å²) in [6, 6.07) is 0.844. The number of alkyl halides is 3. The Morgan fingerprint density at radius 1 is 1.12 bits per heavy atom. The lowest BCUT2D eigenvalue weighted by molar-refractivity contribution is -0.189. The first-order valence-electron chi connectivity index (χ1n) is 7.18. The van der Waals surface area contributed by atoms with Gasteiger partial charge < -0.3 is 0 Å². The average molecular weight is 373 g/mol. The number of rotatable bonds is 5. The van der Waals surface area contributed by atoms with Crippen LogP contribution >= 0.6 is 0 Å². The minimum atomic E-state index is -5.20. The lowest BCUT2D eigenvalue weighted by Crippen LogP contribution is -2.31. The van der Waals surface area contributed by atoms with E-state index in [0.29, 0.717) is 17.2 Å². The molecule has 0 saturated carbocycles. The lowest BCUT2D eigenvalue weighted by Gasteiger charge is -2.15. The number of imide groups is 1. The molecule has 0 atom stereocenters. The molecule has 0 bridgehead atoms.